The Morgan fingerprint density at radius 2 is 1.71 bits per heavy atom. The van der Waals surface area contributed by atoms with Crippen LogP contribution in [0.15, 0.2) is 98.7 Å². The quantitative estimate of drug-likeness (QED) is 0.126. The standard InChI is InChI=1S/C35H25BrN4O8S/c1-46-23-11-7-21(8-12-23)32-25-13-9-20-5-3-4-6-24(20)31(25)37-35-38(32)34(41)30(49-35)17-19-15-26(36)33(29(16-19)47-2)48-28-14-10-22(39(42)43)18-27(28)40(44)45/h3-8,10-12,14-18,32H,9,13H2,1-2H3/b30-17+/t32-/m0/s1. The van der Waals surface area contributed by atoms with Crippen LogP contribution in [0, 0.1) is 20.2 Å². The van der Waals surface area contributed by atoms with Crippen LogP contribution >= 0.6 is 27.3 Å². The van der Waals surface area contributed by atoms with E-state index in [0.717, 1.165) is 59.2 Å². The summed E-state index contributed by atoms with van der Waals surface area (Å²) in [6, 6.07) is 22.0. The number of allylic oxidation sites excluding steroid dienone is 1. The number of halogens is 1. The van der Waals surface area contributed by atoms with E-state index in [2.05, 4.69) is 28.1 Å². The van der Waals surface area contributed by atoms with Crippen molar-refractivity contribution in [2.75, 3.05) is 14.2 Å². The lowest BCUT2D eigenvalue weighted by atomic mass is 9.83. The third-order valence-electron chi connectivity index (χ3n) is 8.42. The molecule has 49 heavy (non-hydrogen) atoms. The average molecular weight is 742 g/mol. The number of aryl methyl sites for hydroxylation is 1. The SMILES string of the molecule is COc1ccc([C@H]2C3=C(N=c4s/c(=C/c5cc(Br)c(Oc6ccc([N+](=O)[O-])cc6[N+](=O)[O-])c(OC)c5)c(=O)n42)c2ccccc2CC3)cc1. The van der Waals surface area contributed by atoms with Gasteiger partial charge in [0.2, 0.25) is 5.75 Å². The summed E-state index contributed by atoms with van der Waals surface area (Å²) < 4.78 is 19.4. The first kappa shape index (κ1) is 32.0. The molecule has 0 fully saturated rings. The number of hydrogen-bond donors (Lipinski definition) is 0. The molecule has 0 saturated carbocycles. The van der Waals surface area contributed by atoms with Gasteiger partial charge in [0.15, 0.2) is 16.3 Å². The highest BCUT2D eigenvalue weighted by Gasteiger charge is 2.32. The Bertz CT molecular complexity index is 2400. The van der Waals surface area contributed by atoms with Crippen molar-refractivity contribution >= 4 is 50.4 Å². The lowest BCUT2D eigenvalue weighted by molar-refractivity contribution is -0.394. The summed E-state index contributed by atoms with van der Waals surface area (Å²) in [6.45, 7) is 0. The highest BCUT2D eigenvalue weighted by molar-refractivity contribution is 9.10. The number of nitro groups is 2. The molecule has 0 bridgehead atoms. The predicted octanol–water partition coefficient (Wildman–Crippen LogP) is 6.71. The van der Waals surface area contributed by atoms with Gasteiger partial charge in [0.1, 0.15) is 5.75 Å². The Kier molecular flexibility index (Phi) is 8.34. The molecule has 246 valence electrons. The summed E-state index contributed by atoms with van der Waals surface area (Å²) in [5.41, 5.74) is 4.57. The van der Waals surface area contributed by atoms with Crippen molar-refractivity contribution in [3.05, 3.63) is 151 Å². The zero-order valence-corrected chi connectivity index (χ0v) is 28.3. The number of ether oxygens (including phenoxy) is 3. The summed E-state index contributed by atoms with van der Waals surface area (Å²) in [5.74, 6) is 0.836. The fourth-order valence-electron chi connectivity index (χ4n) is 6.14. The Morgan fingerprint density at radius 1 is 0.939 bits per heavy atom. The second-order valence-corrected chi connectivity index (χ2v) is 13.1. The van der Waals surface area contributed by atoms with Crippen LogP contribution in [0.2, 0.25) is 0 Å². The van der Waals surface area contributed by atoms with Crippen LogP contribution in [0.1, 0.15) is 34.7 Å². The maximum atomic E-state index is 14.2. The third-order valence-corrected chi connectivity index (χ3v) is 9.99. The molecule has 2 aliphatic rings. The molecule has 14 heteroatoms. The molecule has 5 aromatic rings. The van der Waals surface area contributed by atoms with Crippen LogP contribution in [-0.4, -0.2) is 28.6 Å². The van der Waals surface area contributed by atoms with Gasteiger partial charge in [-0.25, -0.2) is 4.99 Å². The van der Waals surface area contributed by atoms with Crippen LogP contribution in [0.25, 0.3) is 11.8 Å². The van der Waals surface area contributed by atoms with Crippen molar-refractivity contribution < 1.29 is 24.1 Å². The monoisotopic (exact) mass is 740 g/mol. The Hall–Kier alpha value is -5.60. The van der Waals surface area contributed by atoms with E-state index < -0.39 is 21.2 Å². The van der Waals surface area contributed by atoms with E-state index in [1.807, 2.05) is 36.4 Å². The van der Waals surface area contributed by atoms with E-state index >= 15 is 0 Å². The molecular weight excluding hydrogens is 716 g/mol. The molecule has 12 nitrogen and oxygen atoms in total. The summed E-state index contributed by atoms with van der Waals surface area (Å²) in [6.07, 6.45) is 3.33. The van der Waals surface area contributed by atoms with E-state index in [1.54, 1.807) is 29.9 Å². The molecule has 1 aliphatic carbocycles. The van der Waals surface area contributed by atoms with Gasteiger partial charge in [0.05, 0.1) is 50.9 Å². The number of hydrogen-bond acceptors (Lipinski definition) is 10. The zero-order chi connectivity index (χ0) is 34.4. The van der Waals surface area contributed by atoms with E-state index in [4.69, 9.17) is 19.2 Å². The molecule has 1 aromatic heterocycles. The van der Waals surface area contributed by atoms with Gasteiger partial charge in [-0.1, -0.05) is 47.7 Å². The normalized spacial score (nSPS) is 15.1. The molecule has 2 heterocycles. The molecule has 0 spiro atoms. The van der Waals surface area contributed by atoms with Crippen molar-refractivity contribution in [3.63, 3.8) is 0 Å². The topological polar surface area (TPSA) is 148 Å². The van der Waals surface area contributed by atoms with Gasteiger partial charge in [-0.3, -0.25) is 29.6 Å². The van der Waals surface area contributed by atoms with Gasteiger partial charge < -0.3 is 14.2 Å². The van der Waals surface area contributed by atoms with E-state index in [0.29, 0.717) is 19.4 Å². The highest BCUT2D eigenvalue weighted by atomic mass is 79.9. The van der Waals surface area contributed by atoms with Gasteiger partial charge in [-0.15, -0.1) is 0 Å². The maximum absolute atomic E-state index is 14.2. The first-order valence-corrected chi connectivity index (χ1v) is 16.5. The molecule has 0 N–H and O–H groups in total. The minimum atomic E-state index is -0.758. The number of benzene rings is 4. The summed E-state index contributed by atoms with van der Waals surface area (Å²) in [7, 11) is 3.02. The molecule has 7 rings (SSSR count). The van der Waals surface area contributed by atoms with Gasteiger partial charge >= 0.3 is 5.69 Å². The molecule has 1 atom stereocenters. The van der Waals surface area contributed by atoms with Gasteiger partial charge in [-0.2, -0.15) is 0 Å². The molecule has 0 unspecified atom stereocenters. The fraction of sp³-hybridized carbons (Fsp3) is 0.143. The lowest BCUT2D eigenvalue weighted by Crippen LogP contribution is -2.38. The van der Waals surface area contributed by atoms with Gasteiger partial charge in [0, 0.05) is 11.6 Å². The van der Waals surface area contributed by atoms with E-state index in [9.17, 15) is 25.0 Å². The average Bonchev–Trinajstić information content (AvgIpc) is 3.41. The number of aromatic nitrogens is 1. The minimum absolute atomic E-state index is 0.115. The van der Waals surface area contributed by atoms with Crippen molar-refractivity contribution in [1.29, 1.82) is 0 Å². The summed E-state index contributed by atoms with van der Waals surface area (Å²) >= 11 is 4.75. The second-order valence-electron chi connectivity index (χ2n) is 11.2. The van der Waals surface area contributed by atoms with Crippen LogP contribution in [0.3, 0.4) is 0 Å². The fourth-order valence-corrected chi connectivity index (χ4v) is 7.68. The van der Waals surface area contributed by atoms with Gasteiger partial charge in [-0.05, 0) is 87.4 Å². The smallest absolute Gasteiger partial charge is 0.318 e. The van der Waals surface area contributed by atoms with E-state index in [-0.39, 0.29) is 28.8 Å². The molecule has 4 aromatic carbocycles. The highest BCUT2D eigenvalue weighted by Crippen LogP contribution is 2.44. The number of nitro benzene ring substituents is 2. The third kappa shape index (κ3) is 5.78. The number of methoxy groups -OCH3 is 2. The van der Waals surface area contributed by atoms with Gasteiger partial charge in [0.25, 0.3) is 11.2 Å². The molecule has 0 radical (unpaired) electrons. The van der Waals surface area contributed by atoms with E-state index in [1.165, 1.54) is 24.0 Å². The van der Waals surface area contributed by atoms with Crippen molar-refractivity contribution in [2.45, 2.75) is 18.9 Å². The molecule has 0 saturated heterocycles. The minimum Gasteiger partial charge on any atom is -0.497 e. The number of thiazole rings is 1. The Labute approximate surface area is 290 Å². The Morgan fingerprint density at radius 3 is 2.43 bits per heavy atom. The number of nitrogens with zero attached hydrogens (tertiary/aromatic N) is 4. The number of non-ortho nitro benzene ring substituents is 1. The van der Waals surface area contributed by atoms with Crippen LogP contribution in [0.4, 0.5) is 11.4 Å². The van der Waals surface area contributed by atoms with Crippen LogP contribution in [-0.2, 0) is 6.42 Å². The van der Waals surface area contributed by atoms with Crippen molar-refractivity contribution in [2.24, 2.45) is 4.99 Å². The predicted molar refractivity (Wildman–Crippen MR) is 186 cm³/mol. The van der Waals surface area contributed by atoms with Crippen molar-refractivity contribution in [1.82, 2.24) is 4.57 Å². The van der Waals surface area contributed by atoms with Crippen molar-refractivity contribution in [3.8, 4) is 23.0 Å². The summed E-state index contributed by atoms with van der Waals surface area (Å²) in [5, 5.41) is 22.9. The van der Waals surface area contributed by atoms with Crippen LogP contribution < -0.4 is 29.1 Å². The molecule has 1 aliphatic heterocycles. The number of rotatable bonds is 8. The molecule has 0 amide bonds. The van der Waals surface area contributed by atoms with Crippen LogP contribution in [0.5, 0.6) is 23.0 Å². The first-order valence-electron chi connectivity index (χ1n) is 14.9. The number of fused-ring (bicyclic) bond motifs is 3. The molecular formula is C35H25BrN4O8S. The maximum Gasteiger partial charge on any atom is 0.318 e. The lowest BCUT2D eigenvalue weighted by Gasteiger charge is -2.30. The second kappa shape index (κ2) is 12.8. The Balaban J connectivity index is 1.34. The largest absolute Gasteiger partial charge is 0.497 e. The first-order chi connectivity index (χ1) is 23.7. The summed E-state index contributed by atoms with van der Waals surface area (Å²) in [4.78, 5) is 41.2. The zero-order valence-electron chi connectivity index (χ0n) is 25.9.